The predicted octanol–water partition coefficient (Wildman–Crippen LogP) is -1.30. The molecule has 0 saturated carbocycles. The molecule has 0 aliphatic carbocycles. The standard InChI is InChI=1S/C11H9O.Li/c12-8-9-5-6-10-3-1-2-4-11(10)7-9;/h1-7H,8H2;/q-1;+1. The van der Waals surface area contributed by atoms with Gasteiger partial charge in [-0.3, -0.25) is 0 Å². The van der Waals surface area contributed by atoms with Gasteiger partial charge in [-0.2, -0.15) is 0 Å². The molecule has 2 aromatic rings. The summed E-state index contributed by atoms with van der Waals surface area (Å²) < 4.78 is 0. The number of hydrogen-bond acceptors (Lipinski definition) is 1. The van der Waals surface area contributed by atoms with Gasteiger partial charge in [0.2, 0.25) is 0 Å². The Balaban J connectivity index is 0.000000845. The summed E-state index contributed by atoms with van der Waals surface area (Å²) in [6, 6.07) is 13.9. The number of fused-ring (bicyclic) bond motifs is 1. The van der Waals surface area contributed by atoms with Crippen molar-refractivity contribution >= 4 is 10.8 Å². The zero-order valence-corrected chi connectivity index (χ0v) is 7.66. The van der Waals surface area contributed by atoms with Gasteiger partial charge < -0.3 is 5.11 Å². The van der Waals surface area contributed by atoms with E-state index in [4.69, 9.17) is 0 Å². The monoisotopic (exact) mass is 164 g/mol. The van der Waals surface area contributed by atoms with Crippen molar-refractivity contribution in [3.63, 3.8) is 0 Å². The maximum Gasteiger partial charge on any atom is 1.00 e. The molecule has 0 amide bonds. The minimum Gasteiger partial charge on any atom is -0.851 e. The predicted molar refractivity (Wildman–Crippen MR) is 47.7 cm³/mol. The van der Waals surface area contributed by atoms with Gasteiger partial charge in [0.1, 0.15) is 0 Å². The van der Waals surface area contributed by atoms with E-state index in [1.54, 1.807) is 0 Å². The molecule has 0 aliphatic heterocycles. The maximum absolute atomic E-state index is 10.6. The minimum atomic E-state index is -0.134. The molecule has 0 aliphatic rings. The first kappa shape index (κ1) is 10.3. The van der Waals surface area contributed by atoms with Crippen LogP contribution in [-0.4, -0.2) is 0 Å². The van der Waals surface area contributed by atoms with Crippen LogP contribution in [0.5, 0.6) is 0 Å². The van der Waals surface area contributed by atoms with Crippen molar-refractivity contribution in [1.29, 1.82) is 0 Å². The van der Waals surface area contributed by atoms with Crippen LogP contribution < -0.4 is 24.0 Å². The zero-order valence-electron chi connectivity index (χ0n) is 7.66. The average molecular weight is 164 g/mol. The molecular formula is C11H9LiO. The average Bonchev–Trinajstić information content (AvgIpc) is 2.17. The Bertz CT molecular complexity index is 398. The normalized spacial score (nSPS) is 9.62. The van der Waals surface area contributed by atoms with E-state index < -0.39 is 0 Å². The SMILES string of the molecule is [Li+].[O-]Cc1ccc2ccccc2c1. The van der Waals surface area contributed by atoms with Crippen molar-refractivity contribution in [1.82, 2.24) is 0 Å². The van der Waals surface area contributed by atoms with Crippen molar-refractivity contribution in [3.8, 4) is 0 Å². The van der Waals surface area contributed by atoms with Crippen LogP contribution in [0.15, 0.2) is 42.5 Å². The minimum absolute atomic E-state index is 0. The first-order valence-corrected chi connectivity index (χ1v) is 3.96. The Labute approximate surface area is 89.6 Å². The summed E-state index contributed by atoms with van der Waals surface area (Å²) in [5, 5.41) is 12.9. The Morgan fingerprint density at radius 2 is 1.62 bits per heavy atom. The molecule has 0 spiro atoms. The molecule has 2 rings (SSSR count). The van der Waals surface area contributed by atoms with E-state index >= 15 is 0 Å². The molecule has 0 N–H and O–H groups in total. The van der Waals surface area contributed by atoms with Gasteiger partial charge in [-0.15, -0.1) is 6.61 Å². The van der Waals surface area contributed by atoms with Crippen LogP contribution in [0.3, 0.4) is 0 Å². The molecule has 13 heavy (non-hydrogen) atoms. The molecular weight excluding hydrogens is 155 g/mol. The third-order valence-electron chi connectivity index (χ3n) is 1.98. The van der Waals surface area contributed by atoms with E-state index in [-0.39, 0.29) is 25.5 Å². The summed E-state index contributed by atoms with van der Waals surface area (Å²) in [7, 11) is 0. The molecule has 0 bridgehead atoms. The second kappa shape index (κ2) is 4.48. The Morgan fingerprint density at radius 3 is 2.31 bits per heavy atom. The number of benzene rings is 2. The summed E-state index contributed by atoms with van der Waals surface area (Å²) in [6.07, 6.45) is 0. The van der Waals surface area contributed by atoms with Gasteiger partial charge in [0, 0.05) is 0 Å². The molecule has 0 aromatic heterocycles. The summed E-state index contributed by atoms with van der Waals surface area (Å²) in [5.74, 6) is 0. The van der Waals surface area contributed by atoms with Crippen molar-refractivity contribution in [2.75, 3.05) is 0 Å². The second-order valence-electron chi connectivity index (χ2n) is 2.83. The first-order chi connectivity index (χ1) is 5.90. The smallest absolute Gasteiger partial charge is 0.851 e. The van der Waals surface area contributed by atoms with Crippen LogP contribution in [0.4, 0.5) is 0 Å². The molecule has 1 nitrogen and oxygen atoms in total. The van der Waals surface area contributed by atoms with Gasteiger partial charge in [-0.1, -0.05) is 48.0 Å². The van der Waals surface area contributed by atoms with Crippen molar-refractivity contribution in [3.05, 3.63) is 48.0 Å². The van der Waals surface area contributed by atoms with Crippen molar-refractivity contribution < 1.29 is 24.0 Å². The fourth-order valence-electron chi connectivity index (χ4n) is 1.33. The Hall–Kier alpha value is -0.743. The molecule has 0 heterocycles. The summed E-state index contributed by atoms with van der Waals surface area (Å²) in [6.45, 7) is -0.134. The van der Waals surface area contributed by atoms with Crippen LogP contribution >= 0.6 is 0 Å². The second-order valence-corrected chi connectivity index (χ2v) is 2.83. The topological polar surface area (TPSA) is 23.1 Å². The molecule has 2 aromatic carbocycles. The van der Waals surface area contributed by atoms with Crippen LogP contribution in [0.2, 0.25) is 0 Å². The van der Waals surface area contributed by atoms with Gasteiger partial charge in [0.05, 0.1) is 0 Å². The molecule has 2 heteroatoms. The van der Waals surface area contributed by atoms with Gasteiger partial charge in [0.25, 0.3) is 0 Å². The van der Waals surface area contributed by atoms with Gasteiger partial charge >= 0.3 is 18.9 Å². The Kier molecular flexibility index (Phi) is 3.56. The fraction of sp³-hybridized carbons (Fsp3) is 0.0909. The quantitative estimate of drug-likeness (QED) is 0.481. The van der Waals surface area contributed by atoms with Crippen molar-refractivity contribution in [2.45, 2.75) is 6.61 Å². The van der Waals surface area contributed by atoms with Gasteiger partial charge in [0.15, 0.2) is 0 Å². The molecule has 0 saturated heterocycles. The van der Waals surface area contributed by atoms with Crippen LogP contribution in [0, 0.1) is 0 Å². The Morgan fingerprint density at radius 1 is 0.923 bits per heavy atom. The summed E-state index contributed by atoms with van der Waals surface area (Å²) in [5.41, 5.74) is 0.855. The summed E-state index contributed by atoms with van der Waals surface area (Å²) in [4.78, 5) is 0. The molecule has 60 valence electrons. The molecule has 0 radical (unpaired) electrons. The van der Waals surface area contributed by atoms with Crippen LogP contribution in [-0.2, 0) is 6.61 Å². The number of rotatable bonds is 1. The number of hydrogen-bond donors (Lipinski definition) is 0. The van der Waals surface area contributed by atoms with Gasteiger partial charge in [-0.25, -0.2) is 0 Å². The van der Waals surface area contributed by atoms with E-state index in [9.17, 15) is 5.11 Å². The van der Waals surface area contributed by atoms with E-state index in [2.05, 4.69) is 0 Å². The fourth-order valence-corrected chi connectivity index (χ4v) is 1.33. The van der Waals surface area contributed by atoms with E-state index in [1.165, 1.54) is 5.39 Å². The van der Waals surface area contributed by atoms with Crippen LogP contribution in [0.1, 0.15) is 5.56 Å². The first-order valence-electron chi connectivity index (χ1n) is 3.96. The third-order valence-corrected chi connectivity index (χ3v) is 1.98. The maximum atomic E-state index is 10.6. The summed E-state index contributed by atoms with van der Waals surface area (Å²) >= 11 is 0. The van der Waals surface area contributed by atoms with Crippen LogP contribution in [0.25, 0.3) is 10.8 Å². The molecule has 0 fully saturated rings. The van der Waals surface area contributed by atoms with E-state index in [1.807, 2.05) is 42.5 Å². The van der Waals surface area contributed by atoms with E-state index in [0.29, 0.717) is 0 Å². The van der Waals surface area contributed by atoms with Gasteiger partial charge in [-0.05, 0) is 10.8 Å². The third kappa shape index (κ3) is 2.13. The largest absolute Gasteiger partial charge is 1.00 e. The van der Waals surface area contributed by atoms with Crippen molar-refractivity contribution in [2.24, 2.45) is 0 Å². The molecule has 0 unspecified atom stereocenters. The molecule has 0 atom stereocenters. The zero-order chi connectivity index (χ0) is 8.39. The van der Waals surface area contributed by atoms with E-state index in [0.717, 1.165) is 10.9 Å².